The lowest BCUT2D eigenvalue weighted by Crippen LogP contribution is -2.28. The molecule has 0 amide bonds. The highest BCUT2D eigenvalue weighted by Gasteiger charge is 2.35. The van der Waals surface area contributed by atoms with Crippen LogP contribution in [0.1, 0.15) is 40.9 Å². The fourth-order valence-corrected chi connectivity index (χ4v) is 5.08. The highest BCUT2D eigenvalue weighted by molar-refractivity contribution is 6.12. The molecule has 0 saturated carbocycles. The van der Waals surface area contributed by atoms with Gasteiger partial charge in [-0.2, -0.15) is 0 Å². The van der Waals surface area contributed by atoms with Crippen molar-refractivity contribution >= 4 is 23.3 Å². The van der Waals surface area contributed by atoms with E-state index < -0.39 is 0 Å². The molecule has 31 heavy (non-hydrogen) atoms. The van der Waals surface area contributed by atoms with E-state index in [0.717, 1.165) is 49.2 Å². The van der Waals surface area contributed by atoms with Crippen molar-refractivity contribution in [3.63, 3.8) is 0 Å². The van der Waals surface area contributed by atoms with Gasteiger partial charge in [0.05, 0.1) is 17.1 Å². The first-order chi connectivity index (χ1) is 15.1. The molecule has 4 heteroatoms. The number of aromatic nitrogens is 1. The van der Waals surface area contributed by atoms with Crippen LogP contribution >= 0.6 is 0 Å². The lowest BCUT2D eigenvalue weighted by atomic mass is 9.77. The Bertz CT molecular complexity index is 1110. The van der Waals surface area contributed by atoms with Gasteiger partial charge >= 0.3 is 0 Å². The highest BCUT2D eigenvalue weighted by Crippen LogP contribution is 2.41. The van der Waals surface area contributed by atoms with Gasteiger partial charge in [0.2, 0.25) is 0 Å². The molecule has 1 aromatic heterocycles. The molecule has 5 rings (SSSR count). The van der Waals surface area contributed by atoms with Gasteiger partial charge in [-0.05, 0) is 64.0 Å². The quantitative estimate of drug-likeness (QED) is 0.621. The number of allylic oxidation sites excluding steroid dienone is 6. The molecule has 0 N–H and O–H groups in total. The average molecular weight is 412 g/mol. The zero-order chi connectivity index (χ0) is 21.4. The second-order valence-electron chi connectivity index (χ2n) is 8.95. The van der Waals surface area contributed by atoms with Gasteiger partial charge in [-0.3, -0.25) is 9.79 Å². The minimum Gasteiger partial charge on any atom is -0.314 e. The van der Waals surface area contributed by atoms with Crippen LogP contribution in [0.2, 0.25) is 0 Å². The summed E-state index contributed by atoms with van der Waals surface area (Å²) in [4.78, 5) is 20.7. The Balaban J connectivity index is 1.56. The van der Waals surface area contributed by atoms with E-state index in [1.165, 1.54) is 16.8 Å². The predicted molar refractivity (Wildman–Crippen MR) is 127 cm³/mol. The molecule has 4 nitrogen and oxygen atoms in total. The number of benzene rings is 1. The van der Waals surface area contributed by atoms with Gasteiger partial charge in [0, 0.05) is 35.4 Å². The van der Waals surface area contributed by atoms with E-state index in [1.54, 1.807) is 0 Å². The van der Waals surface area contributed by atoms with Gasteiger partial charge in [0.15, 0.2) is 5.78 Å². The van der Waals surface area contributed by atoms with Crippen molar-refractivity contribution in [1.82, 2.24) is 9.47 Å². The van der Waals surface area contributed by atoms with Crippen LogP contribution in [0.4, 0.5) is 0 Å². The molecule has 1 aromatic carbocycles. The zero-order valence-corrected chi connectivity index (χ0v) is 18.3. The summed E-state index contributed by atoms with van der Waals surface area (Å²) >= 11 is 0. The number of carbonyl (C=O) groups excluding carboxylic acids is 1. The van der Waals surface area contributed by atoms with Gasteiger partial charge in [-0.15, -0.1) is 0 Å². The Kier molecular flexibility index (Phi) is 5.33. The van der Waals surface area contributed by atoms with Crippen molar-refractivity contribution < 1.29 is 4.79 Å². The Hall–Kier alpha value is -2.98. The maximum atomic E-state index is 13.5. The van der Waals surface area contributed by atoms with Crippen molar-refractivity contribution in [2.24, 2.45) is 16.8 Å². The Morgan fingerprint density at radius 2 is 2.03 bits per heavy atom. The molecular formula is C27H29N3O. The second-order valence-corrected chi connectivity index (χ2v) is 8.95. The number of nitrogens with zero attached hydrogens (tertiary/aromatic N) is 3. The van der Waals surface area contributed by atoms with Gasteiger partial charge in [0.1, 0.15) is 0 Å². The number of aryl methyl sites for hydroxylation is 1. The molecule has 1 aliphatic heterocycles. The van der Waals surface area contributed by atoms with Gasteiger partial charge < -0.3 is 9.47 Å². The molecule has 0 bridgehead atoms. The molecular weight excluding hydrogens is 382 g/mol. The first kappa shape index (κ1) is 20.0. The molecule has 3 aliphatic rings. The molecule has 0 saturated heterocycles. The van der Waals surface area contributed by atoms with Crippen molar-refractivity contribution in [2.75, 3.05) is 20.6 Å². The zero-order valence-electron chi connectivity index (χ0n) is 18.3. The number of ketones is 1. The van der Waals surface area contributed by atoms with E-state index in [1.807, 2.05) is 36.5 Å². The van der Waals surface area contributed by atoms with Crippen molar-refractivity contribution in [2.45, 2.75) is 25.7 Å². The van der Waals surface area contributed by atoms with Gasteiger partial charge in [-0.25, -0.2) is 0 Å². The normalized spacial score (nSPS) is 21.6. The molecule has 0 radical (unpaired) electrons. The molecule has 2 atom stereocenters. The molecule has 2 aliphatic carbocycles. The monoisotopic (exact) mass is 411 g/mol. The summed E-state index contributed by atoms with van der Waals surface area (Å²) in [6.45, 7) is 1.00. The minimum atomic E-state index is -0.186. The molecule has 0 spiro atoms. The smallest absolute Gasteiger partial charge is 0.170 e. The van der Waals surface area contributed by atoms with E-state index in [4.69, 9.17) is 4.99 Å². The van der Waals surface area contributed by atoms with Crippen LogP contribution in [0, 0.1) is 11.8 Å². The largest absolute Gasteiger partial charge is 0.314 e. The van der Waals surface area contributed by atoms with E-state index >= 15 is 0 Å². The van der Waals surface area contributed by atoms with Crippen molar-refractivity contribution in [1.29, 1.82) is 0 Å². The van der Waals surface area contributed by atoms with E-state index in [-0.39, 0.29) is 17.6 Å². The maximum absolute atomic E-state index is 13.5. The molecule has 2 unspecified atom stereocenters. The summed E-state index contributed by atoms with van der Waals surface area (Å²) in [6, 6.07) is 11.9. The van der Waals surface area contributed by atoms with Crippen LogP contribution in [0.25, 0.3) is 11.3 Å². The molecule has 158 valence electrons. The molecule has 0 fully saturated rings. The summed E-state index contributed by atoms with van der Waals surface area (Å²) in [5.74, 6) is 0.0727. The van der Waals surface area contributed by atoms with Crippen molar-refractivity contribution in [3.05, 3.63) is 83.3 Å². The SMILES string of the molecule is CN(C)CCCC1C2=C(C=CC1C(=O)c1ccccc1)n1ccc3c1C(=CCC3)C=N2. The Morgan fingerprint density at radius 1 is 1.19 bits per heavy atom. The highest BCUT2D eigenvalue weighted by atomic mass is 16.1. The van der Waals surface area contributed by atoms with Crippen LogP contribution in [-0.2, 0) is 6.42 Å². The first-order valence-electron chi connectivity index (χ1n) is 11.2. The molecule has 2 heterocycles. The predicted octanol–water partition coefficient (Wildman–Crippen LogP) is 5.10. The number of Topliss-reactive ketones (excluding diaryl/α,β-unsaturated/α-hetero) is 1. The fraction of sp³-hybridized carbons (Fsp3) is 0.333. The summed E-state index contributed by atoms with van der Waals surface area (Å²) in [5, 5.41) is 0. The van der Waals surface area contributed by atoms with Gasteiger partial charge in [0.25, 0.3) is 0 Å². The first-order valence-corrected chi connectivity index (χ1v) is 11.2. The van der Waals surface area contributed by atoms with E-state index in [9.17, 15) is 4.79 Å². The van der Waals surface area contributed by atoms with Crippen molar-refractivity contribution in [3.8, 4) is 0 Å². The third-order valence-corrected chi connectivity index (χ3v) is 6.61. The van der Waals surface area contributed by atoms with Gasteiger partial charge in [-0.1, -0.05) is 42.5 Å². The average Bonchev–Trinajstić information content (AvgIpc) is 3.14. The molecule has 2 aromatic rings. The van der Waals surface area contributed by atoms with E-state index in [2.05, 4.69) is 54.1 Å². The van der Waals surface area contributed by atoms with E-state index in [0.29, 0.717) is 0 Å². The number of hydrogen-bond acceptors (Lipinski definition) is 3. The second kappa shape index (κ2) is 8.27. The Morgan fingerprint density at radius 3 is 2.84 bits per heavy atom. The van der Waals surface area contributed by atoms with Crippen LogP contribution in [0.3, 0.4) is 0 Å². The standard InChI is InChI=1S/C27H29N3O/c1-29(2)16-7-12-22-23(27(31)20-8-4-3-5-9-20)13-14-24-25(22)28-18-21-11-6-10-19-15-17-30(24)26(19)21/h3-5,8-9,11,13-15,17-18,22-23H,6-7,10,12,16H2,1-2H3. The maximum Gasteiger partial charge on any atom is 0.170 e. The topological polar surface area (TPSA) is 37.6 Å². The summed E-state index contributed by atoms with van der Waals surface area (Å²) in [7, 11) is 4.20. The Labute approximate surface area is 184 Å². The lowest BCUT2D eigenvalue weighted by molar-refractivity contribution is 0.0913. The number of hydrogen-bond donors (Lipinski definition) is 0. The minimum absolute atomic E-state index is 0.0720. The summed E-state index contributed by atoms with van der Waals surface area (Å²) in [6.07, 6.45) is 14.8. The summed E-state index contributed by atoms with van der Waals surface area (Å²) in [5.41, 5.74) is 6.80. The summed E-state index contributed by atoms with van der Waals surface area (Å²) < 4.78 is 2.29. The number of fused-ring (bicyclic) bond motifs is 1. The fourth-order valence-electron chi connectivity index (χ4n) is 5.08. The third kappa shape index (κ3) is 3.66. The van der Waals surface area contributed by atoms with Crippen LogP contribution < -0.4 is 0 Å². The van der Waals surface area contributed by atoms with Crippen LogP contribution in [-0.4, -0.2) is 42.1 Å². The van der Waals surface area contributed by atoms with Crippen LogP contribution in [0.15, 0.2) is 71.5 Å². The number of rotatable bonds is 6. The third-order valence-electron chi connectivity index (χ3n) is 6.61. The number of aliphatic imine (C=N–C) groups is 1. The lowest BCUT2D eigenvalue weighted by Gasteiger charge is -2.30. The number of carbonyl (C=O) groups is 1. The van der Waals surface area contributed by atoms with Crippen LogP contribution in [0.5, 0.6) is 0 Å².